The third-order valence-corrected chi connectivity index (χ3v) is 3.79. The second kappa shape index (κ2) is 8.42. The molecule has 0 unspecified atom stereocenters. The summed E-state index contributed by atoms with van der Waals surface area (Å²) >= 11 is 11.2. The molecule has 2 rings (SSSR count). The first-order valence-electron chi connectivity index (χ1n) is 7.02. The molecule has 2 aromatic carbocycles. The lowest BCUT2D eigenvalue weighted by Crippen LogP contribution is -2.38. The minimum absolute atomic E-state index is 0.170. The van der Waals surface area contributed by atoms with Crippen molar-refractivity contribution in [1.82, 2.24) is 10.6 Å². The van der Waals surface area contributed by atoms with Crippen LogP contribution in [-0.2, 0) is 11.3 Å². The number of halogens is 1. The van der Waals surface area contributed by atoms with Gasteiger partial charge in [-0.25, -0.2) is 4.79 Å². The van der Waals surface area contributed by atoms with Crippen LogP contribution in [0.4, 0.5) is 0 Å². The molecule has 7 heteroatoms. The van der Waals surface area contributed by atoms with E-state index < -0.39 is 11.9 Å². The number of carbonyl (C=O) groups is 2. The van der Waals surface area contributed by atoms with E-state index in [0.717, 1.165) is 5.56 Å². The van der Waals surface area contributed by atoms with Crippen LogP contribution < -0.4 is 10.6 Å². The van der Waals surface area contributed by atoms with Crippen LogP contribution in [-0.4, -0.2) is 24.1 Å². The van der Waals surface area contributed by atoms with Crippen LogP contribution in [0, 0.1) is 0 Å². The Morgan fingerprint density at radius 3 is 2.54 bits per heavy atom. The molecular weight excluding hydrogens is 348 g/mol. The van der Waals surface area contributed by atoms with Crippen molar-refractivity contribution in [3.63, 3.8) is 0 Å². The number of thiocarbonyl (C=S) groups is 1. The lowest BCUT2D eigenvalue weighted by molar-refractivity contribution is 0.0600. The van der Waals surface area contributed by atoms with Gasteiger partial charge in [-0.1, -0.05) is 35.9 Å². The molecule has 0 aliphatic heterocycles. The number of ether oxygens (including phenoxy) is 1. The highest BCUT2D eigenvalue weighted by Gasteiger charge is 2.12. The molecule has 0 saturated carbocycles. The van der Waals surface area contributed by atoms with Gasteiger partial charge in [-0.3, -0.25) is 10.1 Å². The highest BCUT2D eigenvalue weighted by atomic mass is 35.5. The number of rotatable bonds is 4. The van der Waals surface area contributed by atoms with Crippen molar-refractivity contribution in [2.45, 2.75) is 6.54 Å². The number of hydrogen-bond acceptors (Lipinski definition) is 4. The summed E-state index contributed by atoms with van der Waals surface area (Å²) in [7, 11) is 1.28. The summed E-state index contributed by atoms with van der Waals surface area (Å²) in [6, 6.07) is 13.5. The van der Waals surface area contributed by atoms with E-state index in [1.54, 1.807) is 24.3 Å². The van der Waals surface area contributed by atoms with Gasteiger partial charge in [0.25, 0.3) is 5.91 Å². The third kappa shape index (κ3) is 4.78. The van der Waals surface area contributed by atoms with Crippen LogP contribution in [0.2, 0.25) is 5.02 Å². The summed E-state index contributed by atoms with van der Waals surface area (Å²) < 4.78 is 4.63. The number of methoxy groups -OCH3 is 1. The quantitative estimate of drug-likeness (QED) is 0.646. The average Bonchev–Trinajstić information content (AvgIpc) is 2.60. The average molecular weight is 363 g/mol. The van der Waals surface area contributed by atoms with Gasteiger partial charge in [0.1, 0.15) is 0 Å². The van der Waals surface area contributed by atoms with E-state index in [9.17, 15) is 9.59 Å². The Morgan fingerprint density at radius 1 is 1.12 bits per heavy atom. The molecule has 0 saturated heterocycles. The monoisotopic (exact) mass is 362 g/mol. The lowest BCUT2D eigenvalue weighted by atomic mass is 10.1. The Balaban J connectivity index is 1.95. The van der Waals surface area contributed by atoms with Crippen LogP contribution in [0.3, 0.4) is 0 Å². The Bertz CT molecular complexity index is 780. The molecule has 0 spiro atoms. The predicted octanol–water partition coefficient (Wildman–Crippen LogP) is 2.93. The summed E-state index contributed by atoms with van der Waals surface area (Å²) in [6.45, 7) is 0.390. The summed E-state index contributed by atoms with van der Waals surface area (Å²) in [5.74, 6) is -0.929. The minimum Gasteiger partial charge on any atom is -0.465 e. The largest absolute Gasteiger partial charge is 0.465 e. The molecular formula is C17H15ClN2O3S. The molecule has 0 fully saturated rings. The van der Waals surface area contributed by atoms with Gasteiger partial charge in [-0.2, -0.15) is 0 Å². The maximum Gasteiger partial charge on any atom is 0.337 e. The summed E-state index contributed by atoms with van der Waals surface area (Å²) in [4.78, 5) is 23.7. The molecule has 0 aliphatic rings. The van der Waals surface area contributed by atoms with Crippen molar-refractivity contribution in [3.8, 4) is 0 Å². The van der Waals surface area contributed by atoms with Crippen LogP contribution >= 0.6 is 23.8 Å². The fraction of sp³-hybridized carbons (Fsp3) is 0.118. The molecule has 0 atom stereocenters. The molecule has 5 nitrogen and oxygen atoms in total. The number of amides is 1. The van der Waals surface area contributed by atoms with Crippen LogP contribution in [0.5, 0.6) is 0 Å². The van der Waals surface area contributed by atoms with E-state index in [2.05, 4.69) is 15.4 Å². The van der Waals surface area contributed by atoms with E-state index in [-0.39, 0.29) is 5.11 Å². The number of carbonyl (C=O) groups excluding carboxylic acids is 2. The van der Waals surface area contributed by atoms with Gasteiger partial charge in [0, 0.05) is 17.1 Å². The normalized spacial score (nSPS) is 9.92. The van der Waals surface area contributed by atoms with Crippen LogP contribution in [0.15, 0.2) is 48.5 Å². The molecule has 0 radical (unpaired) electrons. The lowest BCUT2D eigenvalue weighted by Gasteiger charge is -2.11. The topological polar surface area (TPSA) is 67.4 Å². The van der Waals surface area contributed by atoms with E-state index in [1.807, 2.05) is 18.2 Å². The van der Waals surface area contributed by atoms with Crippen molar-refractivity contribution in [1.29, 1.82) is 0 Å². The molecule has 2 aromatic rings. The zero-order valence-corrected chi connectivity index (χ0v) is 14.4. The zero-order valence-electron chi connectivity index (χ0n) is 12.8. The first-order chi connectivity index (χ1) is 11.5. The molecule has 1 amide bonds. The van der Waals surface area contributed by atoms with Gasteiger partial charge >= 0.3 is 5.97 Å². The van der Waals surface area contributed by atoms with Crippen LogP contribution in [0.25, 0.3) is 0 Å². The fourth-order valence-corrected chi connectivity index (χ4v) is 2.31. The maximum absolute atomic E-state index is 12.2. The first kappa shape index (κ1) is 17.9. The summed E-state index contributed by atoms with van der Waals surface area (Å²) in [5.41, 5.74) is 1.46. The van der Waals surface area contributed by atoms with Gasteiger partial charge < -0.3 is 10.1 Å². The van der Waals surface area contributed by atoms with E-state index in [4.69, 9.17) is 23.8 Å². The first-order valence-corrected chi connectivity index (χ1v) is 7.81. The van der Waals surface area contributed by atoms with Gasteiger partial charge in [-0.15, -0.1) is 0 Å². The predicted molar refractivity (Wildman–Crippen MR) is 96.1 cm³/mol. The number of esters is 1. The molecule has 0 aliphatic carbocycles. The van der Waals surface area contributed by atoms with Gasteiger partial charge in [0.2, 0.25) is 0 Å². The summed E-state index contributed by atoms with van der Waals surface area (Å²) in [5, 5.41) is 6.25. The standard InChI is InChI=1S/C17H15ClN2O3S/c1-23-16(22)12-7-4-6-11(9-12)15(21)20-17(24)19-10-13-5-2-3-8-14(13)18/h2-9H,10H2,1H3,(H2,19,20,21,24). The second-order valence-electron chi connectivity index (χ2n) is 4.80. The molecule has 24 heavy (non-hydrogen) atoms. The van der Waals surface area contributed by atoms with E-state index in [1.165, 1.54) is 13.2 Å². The van der Waals surface area contributed by atoms with E-state index >= 15 is 0 Å². The number of nitrogens with one attached hydrogen (secondary N) is 2. The fourth-order valence-electron chi connectivity index (χ4n) is 1.94. The number of hydrogen-bond donors (Lipinski definition) is 2. The van der Waals surface area contributed by atoms with Gasteiger partial charge in [-0.05, 0) is 42.0 Å². The van der Waals surface area contributed by atoms with Crippen molar-refractivity contribution in [3.05, 3.63) is 70.2 Å². The smallest absolute Gasteiger partial charge is 0.337 e. The van der Waals surface area contributed by atoms with Crippen LogP contribution in [0.1, 0.15) is 26.3 Å². The second-order valence-corrected chi connectivity index (χ2v) is 5.62. The highest BCUT2D eigenvalue weighted by molar-refractivity contribution is 7.80. The number of benzene rings is 2. The van der Waals surface area contributed by atoms with Gasteiger partial charge in [0.05, 0.1) is 12.7 Å². The molecule has 124 valence electrons. The molecule has 0 aromatic heterocycles. The van der Waals surface area contributed by atoms with Crippen molar-refractivity contribution >= 4 is 40.8 Å². The SMILES string of the molecule is COC(=O)c1cccc(C(=O)NC(=S)NCc2ccccc2Cl)c1. The van der Waals surface area contributed by atoms with Crippen molar-refractivity contribution in [2.24, 2.45) is 0 Å². The Labute approximate surface area is 150 Å². The highest BCUT2D eigenvalue weighted by Crippen LogP contribution is 2.14. The molecule has 0 heterocycles. The zero-order chi connectivity index (χ0) is 17.5. The van der Waals surface area contributed by atoms with Gasteiger partial charge in [0.15, 0.2) is 5.11 Å². The van der Waals surface area contributed by atoms with Crippen molar-refractivity contribution in [2.75, 3.05) is 7.11 Å². The molecule has 0 bridgehead atoms. The third-order valence-electron chi connectivity index (χ3n) is 3.17. The Hall–Kier alpha value is -2.44. The minimum atomic E-state index is -0.510. The Morgan fingerprint density at radius 2 is 1.83 bits per heavy atom. The van der Waals surface area contributed by atoms with E-state index in [0.29, 0.717) is 22.7 Å². The molecule has 2 N–H and O–H groups in total. The maximum atomic E-state index is 12.2. The van der Waals surface area contributed by atoms with Crippen molar-refractivity contribution < 1.29 is 14.3 Å². The summed E-state index contributed by atoms with van der Waals surface area (Å²) in [6.07, 6.45) is 0. The Kier molecular flexibility index (Phi) is 6.28.